The molecule has 1 saturated carbocycles. The fourth-order valence-electron chi connectivity index (χ4n) is 3.24. The Bertz CT molecular complexity index is 425. The minimum atomic E-state index is -0.504. The van der Waals surface area contributed by atoms with Crippen LogP contribution in [0.4, 0.5) is 0 Å². The van der Waals surface area contributed by atoms with E-state index in [9.17, 15) is 5.11 Å². The molecule has 3 nitrogen and oxygen atoms in total. The Morgan fingerprint density at radius 2 is 2.00 bits per heavy atom. The van der Waals surface area contributed by atoms with E-state index in [1.807, 2.05) is 0 Å². The molecule has 1 aromatic rings. The number of aliphatic hydroxyl groups is 1. The third-order valence-electron chi connectivity index (χ3n) is 4.70. The first kappa shape index (κ1) is 16.5. The van der Waals surface area contributed by atoms with Gasteiger partial charge in [-0.2, -0.15) is 0 Å². The molecule has 0 atom stereocenters. The Morgan fingerprint density at radius 1 is 1.29 bits per heavy atom. The van der Waals surface area contributed by atoms with Crippen LogP contribution in [0.1, 0.15) is 50.2 Å². The summed E-state index contributed by atoms with van der Waals surface area (Å²) >= 11 is 0. The van der Waals surface area contributed by atoms with Crippen molar-refractivity contribution in [3.63, 3.8) is 0 Å². The van der Waals surface area contributed by atoms with Gasteiger partial charge in [-0.1, -0.05) is 37.6 Å². The zero-order chi connectivity index (χ0) is 15.1. The van der Waals surface area contributed by atoms with Crippen LogP contribution in [0.5, 0.6) is 0 Å². The van der Waals surface area contributed by atoms with Crippen molar-refractivity contribution in [1.82, 2.24) is 5.32 Å². The van der Waals surface area contributed by atoms with E-state index in [4.69, 9.17) is 4.74 Å². The molecule has 1 fully saturated rings. The molecule has 21 heavy (non-hydrogen) atoms. The molecule has 0 spiro atoms. The lowest BCUT2D eigenvalue weighted by atomic mass is 9.78. The second kappa shape index (κ2) is 7.92. The molecule has 2 N–H and O–H groups in total. The summed E-state index contributed by atoms with van der Waals surface area (Å²) in [5.41, 5.74) is 1.94. The maximum absolute atomic E-state index is 10.6. The maximum atomic E-state index is 10.6. The predicted molar refractivity (Wildman–Crippen MR) is 86.1 cm³/mol. The maximum Gasteiger partial charge on any atom is 0.0771 e. The Hall–Kier alpha value is -0.900. The molecule has 1 aliphatic carbocycles. The van der Waals surface area contributed by atoms with Gasteiger partial charge in [-0.05, 0) is 42.7 Å². The lowest BCUT2D eigenvalue weighted by Gasteiger charge is -2.36. The second-order valence-electron chi connectivity index (χ2n) is 6.43. The standard InChI is InChI=1S/C18H29NO2/c1-3-15-7-9-18(20,10-8-15)14-19-12-16-5-4-6-17(11-16)13-21-2/h4-6,11,15,19-20H,3,7-10,12-14H2,1-2H3. The van der Waals surface area contributed by atoms with Gasteiger partial charge in [-0.3, -0.25) is 0 Å². The van der Waals surface area contributed by atoms with Crippen LogP contribution in [-0.2, 0) is 17.9 Å². The summed E-state index contributed by atoms with van der Waals surface area (Å²) in [4.78, 5) is 0. The molecular weight excluding hydrogens is 262 g/mol. The van der Waals surface area contributed by atoms with Gasteiger partial charge in [-0.15, -0.1) is 0 Å². The Kier molecular flexibility index (Phi) is 6.22. The van der Waals surface area contributed by atoms with Gasteiger partial charge in [0.25, 0.3) is 0 Å². The summed E-state index contributed by atoms with van der Waals surface area (Å²) in [5.74, 6) is 0.816. The average Bonchev–Trinajstić information content (AvgIpc) is 2.49. The Morgan fingerprint density at radius 3 is 2.67 bits per heavy atom. The number of ether oxygens (including phenoxy) is 1. The molecule has 1 aromatic carbocycles. The number of methoxy groups -OCH3 is 1. The summed E-state index contributed by atoms with van der Waals surface area (Å²) in [7, 11) is 1.72. The third-order valence-corrected chi connectivity index (χ3v) is 4.70. The number of benzene rings is 1. The van der Waals surface area contributed by atoms with Crippen molar-refractivity contribution in [2.45, 2.75) is 57.8 Å². The molecule has 0 unspecified atom stereocenters. The van der Waals surface area contributed by atoms with Gasteiger partial charge in [0.05, 0.1) is 12.2 Å². The molecule has 0 bridgehead atoms. The van der Waals surface area contributed by atoms with E-state index in [0.717, 1.165) is 38.1 Å². The van der Waals surface area contributed by atoms with E-state index in [-0.39, 0.29) is 0 Å². The third kappa shape index (κ3) is 5.10. The van der Waals surface area contributed by atoms with Crippen molar-refractivity contribution in [2.24, 2.45) is 5.92 Å². The molecule has 3 heteroatoms. The Balaban J connectivity index is 1.77. The van der Waals surface area contributed by atoms with Crippen LogP contribution in [0.3, 0.4) is 0 Å². The highest BCUT2D eigenvalue weighted by molar-refractivity contribution is 5.22. The fourth-order valence-corrected chi connectivity index (χ4v) is 3.24. The quantitative estimate of drug-likeness (QED) is 0.810. The number of hydrogen-bond acceptors (Lipinski definition) is 3. The van der Waals surface area contributed by atoms with Crippen molar-refractivity contribution < 1.29 is 9.84 Å². The van der Waals surface area contributed by atoms with Crippen molar-refractivity contribution in [2.75, 3.05) is 13.7 Å². The fraction of sp³-hybridized carbons (Fsp3) is 0.667. The van der Waals surface area contributed by atoms with E-state index in [1.165, 1.54) is 17.5 Å². The summed E-state index contributed by atoms with van der Waals surface area (Å²) in [6.07, 6.45) is 5.44. The van der Waals surface area contributed by atoms with Crippen LogP contribution in [0.25, 0.3) is 0 Å². The minimum Gasteiger partial charge on any atom is -0.389 e. The molecule has 0 aromatic heterocycles. The van der Waals surface area contributed by atoms with Gasteiger partial charge in [0.2, 0.25) is 0 Å². The topological polar surface area (TPSA) is 41.5 Å². The van der Waals surface area contributed by atoms with Crippen LogP contribution < -0.4 is 5.32 Å². The molecule has 0 saturated heterocycles. The van der Waals surface area contributed by atoms with Crippen LogP contribution >= 0.6 is 0 Å². The van der Waals surface area contributed by atoms with Crippen LogP contribution in [-0.4, -0.2) is 24.4 Å². The largest absolute Gasteiger partial charge is 0.389 e. The molecule has 118 valence electrons. The van der Waals surface area contributed by atoms with Crippen LogP contribution in [0, 0.1) is 5.92 Å². The second-order valence-corrected chi connectivity index (χ2v) is 6.43. The zero-order valence-electron chi connectivity index (χ0n) is 13.4. The zero-order valence-corrected chi connectivity index (χ0v) is 13.4. The average molecular weight is 291 g/mol. The van der Waals surface area contributed by atoms with Gasteiger partial charge in [-0.25, -0.2) is 0 Å². The minimum absolute atomic E-state index is 0.504. The summed E-state index contributed by atoms with van der Waals surface area (Å²) < 4.78 is 5.16. The SMILES string of the molecule is CCC1CCC(O)(CNCc2cccc(COC)c2)CC1. The van der Waals surface area contributed by atoms with Gasteiger partial charge < -0.3 is 15.2 Å². The van der Waals surface area contributed by atoms with Gasteiger partial charge >= 0.3 is 0 Å². The first-order valence-corrected chi connectivity index (χ1v) is 8.15. The van der Waals surface area contributed by atoms with Crippen LogP contribution in [0.2, 0.25) is 0 Å². The smallest absolute Gasteiger partial charge is 0.0771 e. The first-order valence-electron chi connectivity index (χ1n) is 8.15. The van der Waals surface area contributed by atoms with Crippen LogP contribution in [0.15, 0.2) is 24.3 Å². The van der Waals surface area contributed by atoms with E-state index < -0.39 is 5.60 Å². The first-order chi connectivity index (χ1) is 10.1. The molecule has 0 amide bonds. The molecule has 2 rings (SSSR count). The highest BCUT2D eigenvalue weighted by Gasteiger charge is 2.31. The van der Waals surface area contributed by atoms with E-state index >= 15 is 0 Å². The van der Waals surface area contributed by atoms with Gasteiger partial charge in [0.15, 0.2) is 0 Å². The van der Waals surface area contributed by atoms with Crippen molar-refractivity contribution >= 4 is 0 Å². The predicted octanol–water partition coefficient (Wildman–Crippen LogP) is 3.25. The van der Waals surface area contributed by atoms with Crippen molar-refractivity contribution in [3.05, 3.63) is 35.4 Å². The molecule has 0 heterocycles. The van der Waals surface area contributed by atoms with Gasteiger partial charge in [0, 0.05) is 20.2 Å². The highest BCUT2D eigenvalue weighted by atomic mass is 16.5. The molecule has 0 radical (unpaired) electrons. The molecular formula is C18H29NO2. The number of rotatable bonds is 7. The lowest BCUT2D eigenvalue weighted by Crippen LogP contribution is -2.43. The molecule has 1 aliphatic rings. The molecule has 0 aliphatic heterocycles. The highest BCUT2D eigenvalue weighted by Crippen LogP contribution is 2.33. The number of nitrogens with one attached hydrogen (secondary N) is 1. The monoisotopic (exact) mass is 291 g/mol. The summed E-state index contributed by atoms with van der Waals surface area (Å²) in [6.45, 7) is 4.39. The van der Waals surface area contributed by atoms with E-state index in [0.29, 0.717) is 13.2 Å². The van der Waals surface area contributed by atoms with E-state index in [2.05, 4.69) is 36.5 Å². The number of hydrogen-bond donors (Lipinski definition) is 2. The van der Waals surface area contributed by atoms with E-state index in [1.54, 1.807) is 7.11 Å². The summed E-state index contributed by atoms with van der Waals surface area (Å²) in [5, 5.41) is 14.0. The van der Waals surface area contributed by atoms with Crippen molar-refractivity contribution in [1.29, 1.82) is 0 Å². The van der Waals surface area contributed by atoms with Gasteiger partial charge in [0.1, 0.15) is 0 Å². The lowest BCUT2D eigenvalue weighted by molar-refractivity contribution is -0.00881. The normalized spacial score (nSPS) is 26.0. The van der Waals surface area contributed by atoms with Crippen molar-refractivity contribution in [3.8, 4) is 0 Å². The Labute approximate surface area is 128 Å². The summed E-state index contributed by atoms with van der Waals surface area (Å²) in [6, 6.07) is 8.41.